The lowest BCUT2D eigenvalue weighted by Gasteiger charge is -2.09. The smallest absolute Gasteiger partial charge is 0.352 e. The Bertz CT molecular complexity index is 1060. The van der Waals surface area contributed by atoms with Gasteiger partial charge in [0.25, 0.3) is 5.56 Å². The molecule has 0 unspecified atom stereocenters. The fourth-order valence-electron chi connectivity index (χ4n) is 2.85. The highest BCUT2D eigenvalue weighted by atomic mass is 16.5. The van der Waals surface area contributed by atoms with E-state index in [0.29, 0.717) is 12.2 Å². The van der Waals surface area contributed by atoms with Gasteiger partial charge in [0.05, 0.1) is 7.11 Å². The topological polar surface area (TPSA) is 112 Å². The van der Waals surface area contributed by atoms with Crippen LogP contribution >= 0.6 is 0 Å². The van der Waals surface area contributed by atoms with Gasteiger partial charge in [-0.05, 0) is 41.3 Å². The summed E-state index contributed by atoms with van der Waals surface area (Å²) in [5, 5.41) is 11.2. The normalized spacial score (nSPS) is 10.8. The van der Waals surface area contributed by atoms with Crippen molar-refractivity contribution in [1.82, 2.24) is 9.97 Å². The number of fused-ring (bicyclic) bond motifs is 1. The Balaban J connectivity index is 2.00. The highest BCUT2D eigenvalue weighted by Gasteiger charge is 2.16. The van der Waals surface area contributed by atoms with Crippen molar-refractivity contribution >= 4 is 16.7 Å². The van der Waals surface area contributed by atoms with Crippen molar-refractivity contribution in [3.05, 3.63) is 74.1 Å². The van der Waals surface area contributed by atoms with E-state index in [1.165, 1.54) is 0 Å². The number of H-pyrrole nitrogens is 2. The Morgan fingerprint density at radius 3 is 2.64 bits per heavy atom. The van der Waals surface area contributed by atoms with Gasteiger partial charge in [-0.1, -0.05) is 24.3 Å². The summed E-state index contributed by atoms with van der Waals surface area (Å²) < 4.78 is 5.25. The lowest BCUT2D eigenvalue weighted by molar-refractivity contribution is 0.0688. The van der Waals surface area contributed by atoms with Crippen LogP contribution in [0.25, 0.3) is 10.8 Å². The first-order chi connectivity index (χ1) is 12.0. The largest absolute Gasteiger partial charge is 0.497 e. The van der Waals surface area contributed by atoms with Gasteiger partial charge in [-0.3, -0.25) is 9.78 Å². The number of aromatic amines is 2. The molecule has 0 amide bonds. The van der Waals surface area contributed by atoms with Crippen LogP contribution in [0.3, 0.4) is 0 Å². The predicted molar refractivity (Wildman–Crippen MR) is 92.6 cm³/mol. The van der Waals surface area contributed by atoms with Gasteiger partial charge in [-0.2, -0.15) is 0 Å². The molecule has 0 saturated heterocycles. The Morgan fingerprint density at radius 1 is 1.12 bits per heavy atom. The Morgan fingerprint density at radius 2 is 1.92 bits per heavy atom. The molecule has 0 saturated carbocycles. The van der Waals surface area contributed by atoms with Crippen LogP contribution in [0, 0.1) is 0 Å². The molecule has 0 radical (unpaired) electrons. The number of aromatic nitrogens is 2. The van der Waals surface area contributed by atoms with Crippen LogP contribution in [-0.4, -0.2) is 28.2 Å². The summed E-state index contributed by atoms with van der Waals surface area (Å²) in [7, 11) is 1.59. The lowest BCUT2D eigenvalue weighted by atomic mass is 9.98. The summed E-state index contributed by atoms with van der Waals surface area (Å²) >= 11 is 0. The molecule has 0 aliphatic heterocycles. The first-order valence-electron chi connectivity index (χ1n) is 7.64. The van der Waals surface area contributed by atoms with Gasteiger partial charge in [-0.15, -0.1) is 0 Å². The van der Waals surface area contributed by atoms with Gasteiger partial charge in [0.2, 0.25) is 0 Å². The van der Waals surface area contributed by atoms with Crippen molar-refractivity contribution in [2.24, 2.45) is 0 Å². The lowest BCUT2D eigenvalue weighted by Crippen LogP contribution is -2.30. The second-order valence-corrected chi connectivity index (χ2v) is 5.57. The van der Waals surface area contributed by atoms with E-state index in [1.54, 1.807) is 7.11 Å². The molecule has 128 valence electrons. The number of rotatable bonds is 5. The summed E-state index contributed by atoms with van der Waals surface area (Å²) in [6.45, 7) is 0. The van der Waals surface area contributed by atoms with Crippen LogP contribution in [-0.2, 0) is 12.8 Å². The number of hydrogen-bond acceptors (Lipinski definition) is 4. The number of ether oxygens (including phenoxy) is 1. The van der Waals surface area contributed by atoms with E-state index in [4.69, 9.17) is 4.74 Å². The number of carboxylic acid groups (broad SMARTS) is 1. The van der Waals surface area contributed by atoms with Crippen molar-refractivity contribution in [2.45, 2.75) is 12.8 Å². The average Bonchev–Trinajstić information content (AvgIpc) is 2.59. The standard InChI is InChI=1S/C18H16N2O5/c1-25-12-7-5-10-3-2-4-11(14(10)9-12)6-8-13-15(17(22)23)19-18(24)20-16(13)21/h2-5,7,9H,6,8H2,1H3,(H,22,23)(H2,19,20,21,24). The van der Waals surface area contributed by atoms with Gasteiger partial charge in [0, 0.05) is 5.56 Å². The Hall–Kier alpha value is -3.35. The van der Waals surface area contributed by atoms with E-state index in [2.05, 4.69) is 9.97 Å². The maximum Gasteiger partial charge on any atom is 0.352 e. The number of aryl methyl sites for hydroxylation is 1. The van der Waals surface area contributed by atoms with Crippen molar-refractivity contribution in [2.75, 3.05) is 7.11 Å². The van der Waals surface area contributed by atoms with Gasteiger partial charge >= 0.3 is 11.7 Å². The molecule has 0 aliphatic rings. The third-order valence-corrected chi connectivity index (χ3v) is 4.08. The van der Waals surface area contributed by atoms with Gasteiger partial charge in [-0.25, -0.2) is 9.59 Å². The molecule has 0 fully saturated rings. The quantitative estimate of drug-likeness (QED) is 0.654. The number of hydrogen-bond donors (Lipinski definition) is 3. The van der Waals surface area contributed by atoms with E-state index in [1.807, 2.05) is 36.4 Å². The van der Waals surface area contributed by atoms with Crippen LogP contribution in [0.15, 0.2) is 46.0 Å². The molecule has 7 heteroatoms. The minimum absolute atomic E-state index is 0.0481. The number of carboxylic acids is 1. The zero-order chi connectivity index (χ0) is 18.0. The van der Waals surface area contributed by atoms with Crippen LogP contribution in [0.1, 0.15) is 21.6 Å². The molecule has 3 N–H and O–H groups in total. The Kier molecular flexibility index (Phi) is 4.38. The van der Waals surface area contributed by atoms with Gasteiger partial charge in [0.1, 0.15) is 11.4 Å². The fourth-order valence-corrected chi connectivity index (χ4v) is 2.85. The summed E-state index contributed by atoms with van der Waals surface area (Å²) in [5.74, 6) is -0.620. The van der Waals surface area contributed by atoms with Gasteiger partial charge < -0.3 is 14.8 Å². The van der Waals surface area contributed by atoms with Crippen molar-refractivity contribution < 1.29 is 14.6 Å². The number of nitrogens with one attached hydrogen (secondary N) is 2. The second-order valence-electron chi connectivity index (χ2n) is 5.57. The number of carbonyl (C=O) groups is 1. The van der Waals surface area contributed by atoms with Crippen LogP contribution in [0.4, 0.5) is 0 Å². The first kappa shape index (κ1) is 16.5. The molecule has 1 aromatic heterocycles. The zero-order valence-corrected chi connectivity index (χ0v) is 13.5. The van der Waals surface area contributed by atoms with Gasteiger partial charge in [0.15, 0.2) is 0 Å². The molecule has 0 aliphatic carbocycles. The van der Waals surface area contributed by atoms with E-state index >= 15 is 0 Å². The molecule has 7 nitrogen and oxygen atoms in total. The molecule has 2 aromatic carbocycles. The first-order valence-corrected chi connectivity index (χ1v) is 7.64. The minimum Gasteiger partial charge on any atom is -0.497 e. The minimum atomic E-state index is -1.34. The number of benzene rings is 2. The number of methoxy groups -OCH3 is 1. The molecule has 0 spiro atoms. The third-order valence-electron chi connectivity index (χ3n) is 4.08. The molecular weight excluding hydrogens is 324 g/mol. The van der Waals surface area contributed by atoms with Crippen LogP contribution < -0.4 is 16.0 Å². The second kappa shape index (κ2) is 6.64. The summed E-state index contributed by atoms with van der Waals surface area (Å²) in [4.78, 5) is 38.8. The van der Waals surface area contributed by atoms with Crippen molar-refractivity contribution in [3.63, 3.8) is 0 Å². The molecule has 3 rings (SSSR count). The van der Waals surface area contributed by atoms with Crippen LogP contribution in [0.2, 0.25) is 0 Å². The highest BCUT2D eigenvalue weighted by molar-refractivity contribution is 5.88. The molecule has 25 heavy (non-hydrogen) atoms. The van der Waals surface area contributed by atoms with Crippen LogP contribution in [0.5, 0.6) is 5.75 Å². The summed E-state index contributed by atoms with van der Waals surface area (Å²) in [6.07, 6.45) is 0.629. The SMILES string of the molecule is COc1ccc2cccc(CCc3c(C(=O)O)[nH]c(=O)[nH]c3=O)c2c1. The fraction of sp³-hybridized carbons (Fsp3) is 0.167. The molecule has 1 heterocycles. The molecule has 3 aromatic rings. The van der Waals surface area contributed by atoms with E-state index in [-0.39, 0.29) is 17.7 Å². The third kappa shape index (κ3) is 3.30. The molecular formula is C18H16N2O5. The summed E-state index contributed by atoms with van der Waals surface area (Å²) in [5.41, 5.74) is -0.878. The number of aromatic carboxylic acids is 1. The predicted octanol–water partition coefficient (Wildman–Crippen LogP) is 1.71. The maximum atomic E-state index is 12.0. The van der Waals surface area contributed by atoms with E-state index in [9.17, 15) is 19.5 Å². The Labute approximate surface area is 141 Å². The van der Waals surface area contributed by atoms with E-state index < -0.39 is 17.2 Å². The highest BCUT2D eigenvalue weighted by Crippen LogP contribution is 2.25. The van der Waals surface area contributed by atoms with E-state index in [0.717, 1.165) is 16.3 Å². The van der Waals surface area contributed by atoms with Crippen molar-refractivity contribution in [3.8, 4) is 5.75 Å². The summed E-state index contributed by atoms with van der Waals surface area (Å²) in [6, 6.07) is 11.5. The monoisotopic (exact) mass is 340 g/mol. The molecule has 0 atom stereocenters. The maximum absolute atomic E-state index is 12.0. The zero-order valence-electron chi connectivity index (χ0n) is 13.5. The average molecular weight is 340 g/mol. The molecule has 0 bridgehead atoms. The van der Waals surface area contributed by atoms with Crippen molar-refractivity contribution in [1.29, 1.82) is 0 Å².